The Labute approximate surface area is 128 Å². The highest BCUT2D eigenvalue weighted by Crippen LogP contribution is 2.36. The molecule has 0 spiro atoms. The van der Waals surface area contributed by atoms with E-state index in [1.165, 1.54) is 18.4 Å². The zero-order valence-electron chi connectivity index (χ0n) is 13.6. The number of benzene rings is 1. The highest BCUT2D eigenvalue weighted by atomic mass is 16.7. The fourth-order valence-corrected chi connectivity index (χ4v) is 2.58. The molecule has 1 aliphatic carbocycles. The zero-order chi connectivity index (χ0) is 15.1. The molecule has 0 aromatic heterocycles. The second kappa shape index (κ2) is 5.42. The normalized spacial score (nSPS) is 23.5. The number of hydrogen-bond acceptors (Lipinski definition) is 3. The lowest BCUT2D eigenvalue weighted by Crippen LogP contribution is -2.41. The lowest BCUT2D eigenvalue weighted by atomic mass is 9.78. The van der Waals surface area contributed by atoms with Crippen LogP contribution in [-0.4, -0.2) is 30.9 Å². The van der Waals surface area contributed by atoms with Gasteiger partial charge in [0.05, 0.1) is 11.2 Å². The SMILES string of the molecule is CC1(C)OB(c2cccc(CCNC3CC3)c2)OC1(C)C. The Hall–Kier alpha value is -0.835. The van der Waals surface area contributed by atoms with Crippen molar-refractivity contribution in [1.82, 2.24) is 5.32 Å². The van der Waals surface area contributed by atoms with Crippen molar-refractivity contribution < 1.29 is 9.31 Å². The molecule has 21 heavy (non-hydrogen) atoms. The van der Waals surface area contributed by atoms with Gasteiger partial charge in [-0.1, -0.05) is 24.3 Å². The van der Waals surface area contributed by atoms with E-state index in [2.05, 4.69) is 57.3 Å². The van der Waals surface area contributed by atoms with Gasteiger partial charge in [0.15, 0.2) is 0 Å². The minimum absolute atomic E-state index is 0.258. The van der Waals surface area contributed by atoms with Gasteiger partial charge in [-0.3, -0.25) is 0 Å². The minimum atomic E-state index is -0.277. The van der Waals surface area contributed by atoms with Gasteiger partial charge in [-0.25, -0.2) is 0 Å². The highest BCUT2D eigenvalue weighted by Gasteiger charge is 2.51. The molecule has 1 aromatic rings. The average Bonchev–Trinajstić information content (AvgIpc) is 3.18. The maximum atomic E-state index is 6.12. The van der Waals surface area contributed by atoms with Crippen LogP contribution in [0.15, 0.2) is 24.3 Å². The second-order valence-electron chi connectivity index (χ2n) is 7.31. The Morgan fingerprint density at radius 2 is 1.81 bits per heavy atom. The van der Waals surface area contributed by atoms with E-state index in [1.807, 2.05) is 0 Å². The monoisotopic (exact) mass is 287 g/mol. The summed E-state index contributed by atoms with van der Waals surface area (Å²) < 4.78 is 12.2. The van der Waals surface area contributed by atoms with Crippen molar-refractivity contribution in [3.8, 4) is 0 Å². The van der Waals surface area contributed by atoms with Crippen LogP contribution in [0.25, 0.3) is 0 Å². The molecule has 1 saturated heterocycles. The minimum Gasteiger partial charge on any atom is -0.399 e. The molecule has 0 radical (unpaired) electrons. The van der Waals surface area contributed by atoms with E-state index in [0.29, 0.717) is 0 Å². The molecule has 1 aliphatic heterocycles. The van der Waals surface area contributed by atoms with Crippen LogP contribution in [-0.2, 0) is 15.7 Å². The van der Waals surface area contributed by atoms with Crippen molar-refractivity contribution in [2.24, 2.45) is 0 Å². The van der Waals surface area contributed by atoms with Crippen LogP contribution < -0.4 is 10.8 Å². The van der Waals surface area contributed by atoms with Gasteiger partial charge >= 0.3 is 7.12 Å². The molecule has 0 unspecified atom stereocenters. The molecule has 1 aromatic carbocycles. The maximum absolute atomic E-state index is 6.12. The summed E-state index contributed by atoms with van der Waals surface area (Å²) in [5.41, 5.74) is 1.91. The van der Waals surface area contributed by atoms with Crippen molar-refractivity contribution in [3.63, 3.8) is 0 Å². The molecule has 1 saturated carbocycles. The van der Waals surface area contributed by atoms with Crippen molar-refractivity contribution in [2.45, 2.75) is 64.2 Å². The van der Waals surface area contributed by atoms with Gasteiger partial charge in [0.1, 0.15) is 0 Å². The standard InChI is InChI=1S/C17H26BNO2/c1-16(2)17(3,4)21-18(20-16)14-7-5-6-13(12-14)10-11-19-15-8-9-15/h5-7,12,15,19H,8-11H2,1-4H3. The van der Waals surface area contributed by atoms with Crippen LogP contribution in [0.2, 0.25) is 0 Å². The van der Waals surface area contributed by atoms with E-state index >= 15 is 0 Å². The third-order valence-corrected chi connectivity index (χ3v) is 4.90. The maximum Gasteiger partial charge on any atom is 0.494 e. The quantitative estimate of drug-likeness (QED) is 0.843. The lowest BCUT2D eigenvalue weighted by molar-refractivity contribution is 0.00578. The van der Waals surface area contributed by atoms with Crippen LogP contribution in [0.3, 0.4) is 0 Å². The molecule has 4 heteroatoms. The predicted octanol–water partition coefficient (Wildman–Crippen LogP) is 2.28. The topological polar surface area (TPSA) is 30.5 Å². The molecular weight excluding hydrogens is 261 g/mol. The number of hydrogen-bond donors (Lipinski definition) is 1. The Kier molecular flexibility index (Phi) is 3.89. The summed E-state index contributed by atoms with van der Waals surface area (Å²) in [6.45, 7) is 9.43. The largest absolute Gasteiger partial charge is 0.494 e. The Bertz CT molecular complexity index is 495. The zero-order valence-corrected chi connectivity index (χ0v) is 13.6. The fraction of sp³-hybridized carbons (Fsp3) is 0.647. The summed E-state index contributed by atoms with van der Waals surface area (Å²) in [4.78, 5) is 0. The van der Waals surface area contributed by atoms with Crippen LogP contribution in [0.5, 0.6) is 0 Å². The molecule has 2 fully saturated rings. The first-order valence-electron chi connectivity index (χ1n) is 8.05. The second-order valence-corrected chi connectivity index (χ2v) is 7.31. The molecule has 1 N–H and O–H groups in total. The smallest absolute Gasteiger partial charge is 0.399 e. The Balaban J connectivity index is 1.65. The van der Waals surface area contributed by atoms with E-state index in [-0.39, 0.29) is 18.3 Å². The highest BCUT2D eigenvalue weighted by molar-refractivity contribution is 6.62. The third-order valence-electron chi connectivity index (χ3n) is 4.90. The third kappa shape index (κ3) is 3.33. The molecule has 3 rings (SSSR count). The van der Waals surface area contributed by atoms with E-state index in [9.17, 15) is 0 Å². The first-order valence-corrected chi connectivity index (χ1v) is 8.05. The van der Waals surface area contributed by atoms with E-state index in [0.717, 1.165) is 24.5 Å². The predicted molar refractivity (Wildman–Crippen MR) is 86.9 cm³/mol. The summed E-state index contributed by atoms with van der Waals surface area (Å²) >= 11 is 0. The van der Waals surface area contributed by atoms with Crippen LogP contribution >= 0.6 is 0 Å². The first-order chi connectivity index (χ1) is 9.87. The van der Waals surface area contributed by atoms with E-state index in [4.69, 9.17) is 9.31 Å². The van der Waals surface area contributed by atoms with Gasteiger partial charge in [-0.2, -0.15) is 0 Å². The van der Waals surface area contributed by atoms with Crippen molar-refractivity contribution in [2.75, 3.05) is 6.54 Å². The molecule has 2 aliphatic rings. The van der Waals surface area contributed by atoms with Gasteiger partial charge < -0.3 is 14.6 Å². The summed E-state index contributed by atoms with van der Waals surface area (Å²) in [5.74, 6) is 0. The van der Waals surface area contributed by atoms with Gasteiger partial charge in [0.2, 0.25) is 0 Å². The summed E-state index contributed by atoms with van der Waals surface area (Å²) in [7, 11) is -0.258. The molecule has 1 heterocycles. The van der Waals surface area contributed by atoms with Crippen molar-refractivity contribution >= 4 is 12.6 Å². The first kappa shape index (κ1) is 15.1. The van der Waals surface area contributed by atoms with Crippen LogP contribution in [0, 0.1) is 0 Å². The van der Waals surface area contributed by atoms with E-state index in [1.54, 1.807) is 0 Å². The Morgan fingerprint density at radius 3 is 2.43 bits per heavy atom. The summed E-state index contributed by atoms with van der Waals surface area (Å²) in [6.07, 6.45) is 3.74. The van der Waals surface area contributed by atoms with Crippen LogP contribution in [0.4, 0.5) is 0 Å². The van der Waals surface area contributed by atoms with Gasteiger partial charge in [0.25, 0.3) is 0 Å². The van der Waals surface area contributed by atoms with Gasteiger partial charge in [0, 0.05) is 6.04 Å². The molecule has 0 amide bonds. The van der Waals surface area contributed by atoms with E-state index < -0.39 is 0 Å². The number of nitrogens with one attached hydrogen (secondary N) is 1. The molecule has 0 atom stereocenters. The van der Waals surface area contributed by atoms with Crippen molar-refractivity contribution in [3.05, 3.63) is 29.8 Å². The molecule has 3 nitrogen and oxygen atoms in total. The lowest BCUT2D eigenvalue weighted by Gasteiger charge is -2.32. The molecular formula is C17H26BNO2. The van der Waals surface area contributed by atoms with Crippen LogP contribution in [0.1, 0.15) is 46.1 Å². The molecule has 0 bridgehead atoms. The van der Waals surface area contributed by atoms with Gasteiger partial charge in [-0.05, 0) is 64.5 Å². The van der Waals surface area contributed by atoms with Gasteiger partial charge in [-0.15, -0.1) is 0 Å². The number of rotatable bonds is 5. The fourth-order valence-electron chi connectivity index (χ4n) is 2.58. The summed E-state index contributed by atoms with van der Waals surface area (Å²) in [5, 5.41) is 3.56. The van der Waals surface area contributed by atoms with Crippen molar-refractivity contribution in [1.29, 1.82) is 0 Å². The summed E-state index contributed by atoms with van der Waals surface area (Å²) in [6, 6.07) is 9.38. The molecule has 114 valence electrons. The average molecular weight is 287 g/mol. The Morgan fingerprint density at radius 1 is 1.14 bits per heavy atom.